The number of imide groups is 1. The van der Waals surface area contributed by atoms with Crippen molar-refractivity contribution >= 4 is 23.6 Å². The first-order valence-electron chi connectivity index (χ1n) is 7.69. The van der Waals surface area contributed by atoms with Crippen LogP contribution in [-0.2, 0) is 10.9 Å². The van der Waals surface area contributed by atoms with Gasteiger partial charge in [-0.05, 0) is 24.6 Å². The van der Waals surface area contributed by atoms with Crippen molar-refractivity contribution in [1.82, 2.24) is 9.88 Å². The van der Waals surface area contributed by atoms with Crippen LogP contribution in [0.25, 0.3) is 5.69 Å². The Morgan fingerprint density at radius 3 is 2.36 bits per heavy atom. The molecule has 3 N–H and O–H groups in total. The quantitative estimate of drug-likeness (QED) is 0.586. The Hall–Kier alpha value is -3.63. The number of halogens is 3. The van der Waals surface area contributed by atoms with Gasteiger partial charge in [-0.1, -0.05) is 0 Å². The second kappa shape index (κ2) is 6.22. The minimum absolute atomic E-state index is 0.280. The number of pyridine rings is 1. The average Bonchev–Trinajstić information content (AvgIpc) is 2.87. The fourth-order valence-electron chi connectivity index (χ4n) is 2.99. The van der Waals surface area contributed by atoms with Crippen molar-refractivity contribution in [2.75, 3.05) is 12.8 Å². The summed E-state index contributed by atoms with van der Waals surface area (Å²) in [6, 6.07) is 2.24. The molecule has 2 heterocycles. The normalized spacial score (nSPS) is 13.3. The minimum Gasteiger partial charge on any atom is -0.465 e. The summed E-state index contributed by atoms with van der Waals surface area (Å²) >= 11 is 0. The molecule has 146 valence electrons. The number of nitrogen functional groups attached to an aromatic ring is 1. The third-order valence-corrected chi connectivity index (χ3v) is 4.25. The van der Waals surface area contributed by atoms with Gasteiger partial charge in [0.1, 0.15) is 5.82 Å². The molecule has 0 saturated carbocycles. The van der Waals surface area contributed by atoms with Gasteiger partial charge in [0, 0.05) is 6.07 Å². The number of aryl methyl sites for hydroxylation is 1. The number of hydrogen-bond acceptors (Lipinski definition) is 6. The number of alkyl halides is 3. The van der Waals surface area contributed by atoms with Gasteiger partial charge in [0.25, 0.3) is 17.4 Å². The Balaban J connectivity index is 2.43. The first kappa shape index (κ1) is 19.1. The number of nitrogens with one attached hydrogen (secondary N) is 1. The SMILES string of the molecule is COC(=O)c1cc(C)c(C(F)(F)F)cc1-n1c(N)c2c(cc1=O)C(=O)NC2=O. The number of rotatable bonds is 2. The predicted molar refractivity (Wildman–Crippen MR) is 89.3 cm³/mol. The van der Waals surface area contributed by atoms with Gasteiger partial charge in [-0.3, -0.25) is 24.3 Å². The average molecular weight is 395 g/mol. The number of fused-ring (bicyclic) bond motifs is 1. The highest BCUT2D eigenvalue weighted by Gasteiger charge is 2.36. The van der Waals surface area contributed by atoms with E-state index in [0.717, 1.165) is 26.2 Å². The van der Waals surface area contributed by atoms with Crippen molar-refractivity contribution in [3.63, 3.8) is 0 Å². The maximum Gasteiger partial charge on any atom is 0.416 e. The van der Waals surface area contributed by atoms with Gasteiger partial charge < -0.3 is 10.5 Å². The highest BCUT2D eigenvalue weighted by atomic mass is 19.4. The number of benzene rings is 1. The number of amides is 2. The smallest absolute Gasteiger partial charge is 0.416 e. The van der Waals surface area contributed by atoms with Crippen LogP contribution in [0.2, 0.25) is 0 Å². The van der Waals surface area contributed by atoms with E-state index in [1.807, 2.05) is 5.32 Å². The van der Waals surface area contributed by atoms with Crippen LogP contribution in [-0.4, -0.2) is 29.5 Å². The zero-order chi connectivity index (χ0) is 21.0. The Morgan fingerprint density at radius 1 is 1.14 bits per heavy atom. The summed E-state index contributed by atoms with van der Waals surface area (Å²) in [5, 5.41) is 1.94. The molecule has 11 heteroatoms. The van der Waals surface area contributed by atoms with E-state index in [1.54, 1.807) is 0 Å². The molecule has 0 bridgehead atoms. The second-order valence-corrected chi connectivity index (χ2v) is 5.95. The molecule has 0 atom stereocenters. The van der Waals surface area contributed by atoms with Crippen molar-refractivity contribution in [3.8, 4) is 5.69 Å². The summed E-state index contributed by atoms with van der Waals surface area (Å²) in [5.41, 5.74) is 1.90. The molecule has 2 aromatic rings. The highest BCUT2D eigenvalue weighted by Crippen LogP contribution is 2.35. The molecule has 1 aromatic heterocycles. The van der Waals surface area contributed by atoms with Crippen molar-refractivity contribution in [3.05, 3.63) is 56.4 Å². The van der Waals surface area contributed by atoms with Gasteiger partial charge in [0.2, 0.25) is 0 Å². The summed E-state index contributed by atoms with van der Waals surface area (Å²) in [6.07, 6.45) is -4.78. The number of nitrogens with two attached hydrogens (primary N) is 1. The monoisotopic (exact) mass is 395 g/mol. The zero-order valence-electron chi connectivity index (χ0n) is 14.4. The van der Waals surface area contributed by atoms with Crippen molar-refractivity contribution in [1.29, 1.82) is 0 Å². The molecule has 0 radical (unpaired) electrons. The lowest BCUT2D eigenvalue weighted by atomic mass is 10.0. The standard InChI is InChI=1S/C17H12F3N3O5/c1-6-3-7(16(27)28-2)10(5-9(6)17(18,19)20)23-11(24)4-8-12(13(23)21)15(26)22-14(8)25/h3-5H,21H2,1-2H3,(H,22,25,26). The number of anilines is 1. The van der Waals surface area contributed by atoms with Crippen LogP contribution < -0.4 is 16.6 Å². The molecule has 0 unspecified atom stereocenters. The van der Waals surface area contributed by atoms with E-state index in [1.165, 1.54) is 0 Å². The Bertz CT molecular complexity index is 1120. The summed E-state index contributed by atoms with van der Waals surface area (Å²) in [5.74, 6) is -3.36. The summed E-state index contributed by atoms with van der Waals surface area (Å²) in [7, 11) is 1.01. The van der Waals surface area contributed by atoms with E-state index in [2.05, 4.69) is 4.74 Å². The lowest BCUT2D eigenvalue weighted by Gasteiger charge is -2.18. The van der Waals surface area contributed by atoms with E-state index in [4.69, 9.17) is 5.73 Å². The summed E-state index contributed by atoms with van der Waals surface area (Å²) in [6.45, 7) is 1.14. The van der Waals surface area contributed by atoms with Gasteiger partial charge in [-0.25, -0.2) is 4.79 Å². The molecule has 1 aliphatic rings. The molecule has 8 nitrogen and oxygen atoms in total. The number of aromatic nitrogens is 1. The molecule has 2 amide bonds. The van der Waals surface area contributed by atoms with Crippen LogP contribution in [0.4, 0.5) is 19.0 Å². The van der Waals surface area contributed by atoms with E-state index < -0.39 is 46.6 Å². The van der Waals surface area contributed by atoms with Crippen molar-refractivity contribution < 1.29 is 32.3 Å². The second-order valence-electron chi connectivity index (χ2n) is 5.95. The lowest BCUT2D eigenvalue weighted by molar-refractivity contribution is -0.138. The Labute approximate surface area is 154 Å². The van der Waals surface area contributed by atoms with Crippen LogP contribution in [0.1, 0.15) is 42.2 Å². The number of carbonyl (C=O) groups excluding carboxylic acids is 3. The topological polar surface area (TPSA) is 120 Å². The molecular weight excluding hydrogens is 383 g/mol. The maximum absolute atomic E-state index is 13.3. The first-order valence-corrected chi connectivity index (χ1v) is 7.69. The molecular formula is C17H12F3N3O5. The summed E-state index contributed by atoms with van der Waals surface area (Å²) in [4.78, 5) is 48.3. The van der Waals surface area contributed by atoms with Crippen LogP contribution >= 0.6 is 0 Å². The minimum atomic E-state index is -4.78. The number of hydrogen-bond donors (Lipinski definition) is 2. The van der Waals surface area contributed by atoms with E-state index >= 15 is 0 Å². The van der Waals surface area contributed by atoms with Gasteiger partial charge in [0.15, 0.2) is 0 Å². The number of carbonyl (C=O) groups is 3. The Kier molecular flexibility index (Phi) is 4.25. The molecule has 0 spiro atoms. The fraction of sp³-hybridized carbons (Fsp3) is 0.176. The maximum atomic E-state index is 13.3. The van der Waals surface area contributed by atoms with Gasteiger partial charge in [-0.2, -0.15) is 13.2 Å². The molecule has 0 saturated heterocycles. The molecule has 0 fully saturated rings. The van der Waals surface area contributed by atoms with Crippen molar-refractivity contribution in [2.24, 2.45) is 0 Å². The van der Waals surface area contributed by atoms with Crippen molar-refractivity contribution in [2.45, 2.75) is 13.1 Å². The summed E-state index contributed by atoms with van der Waals surface area (Å²) < 4.78 is 45.2. The van der Waals surface area contributed by atoms with Crippen LogP contribution in [0.15, 0.2) is 23.0 Å². The van der Waals surface area contributed by atoms with Gasteiger partial charge >= 0.3 is 12.1 Å². The lowest BCUT2D eigenvalue weighted by Crippen LogP contribution is -2.26. The Morgan fingerprint density at radius 2 is 1.79 bits per heavy atom. The fourth-order valence-corrected chi connectivity index (χ4v) is 2.99. The zero-order valence-corrected chi connectivity index (χ0v) is 14.4. The third kappa shape index (κ3) is 2.80. The number of ether oxygens (including phenoxy) is 1. The molecule has 0 aliphatic carbocycles. The first-order chi connectivity index (χ1) is 13.0. The van der Waals surface area contributed by atoms with Crippen LogP contribution in [0.3, 0.4) is 0 Å². The molecule has 3 rings (SSSR count). The number of methoxy groups -OCH3 is 1. The van der Waals surface area contributed by atoms with E-state index in [-0.39, 0.29) is 22.3 Å². The number of esters is 1. The largest absolute Gasteiger partial charge is 0.465 e. The molecule has 1 aliphatic heterocycles. The van der Waals surface area contributed by atoms with Crippen LogP contribution in [0, 0.1) is 6.92 Å². The van der Waals surface area contributed by atoms with Crippen LogP contribution in [0.5, 0.6) is 0 Å². The third-order valence-electron chi connectivity index (χ3n) is 4.25. The molecule has 1 aromatic carbocycles. The van der Waals surface area contributed by atoms with E-state index in [0.29, 0.717) is 10.6 Å². The van der Waals surface area contributed by atoms with Gasteiger partial charge in [-0.15, -0.1) is 0 Å². The predicted octanol–water partition coefficient (Wildman–Crippen LogP) is 1.42. The van der Waals surface area contributed by atoms with Gasteiger partial charge in [0.05, 0.1) is 35.1 Å². The number of nitrogens with zero attached hydrogens (tertiary/aromatic N) is 1. The molecule has 28 heavy (non-hydrogen) atoms. The van der Waals surface area contributed by atoms with E-state index in [9.17, 15) is 32.3 Å². The highest BCUT2D eigenvalue weighted by molar-refractivity contribution is 6.23.